The number of methoxy groups -OCH3 is 2. The van der Waals surface area contributed by atoms with Gasteiger partial charge in [0.25, 0.3) is 0 Å². The molecule has 0 radical (unpaired) electrons. The minimum absolute atomic E-state index is 0.442. The molecule has 1 aliphatic rings. The average molecular weight is 288 g/mol. The first-order valence-corrected chi connectivity index (χ1v) is 7.16. The van der Waals surface area contributed by atoms with E-state index in [0.29, 0.717) is 17.5 Å². The summed E-state index contributed by atoms with van der Waals surface area (Å²) in [6.07, 6.45) is 3.77. The first-order chi connectivity index (χ1) is 10.3. The number of aromatic nitrogens is 2. The molecule has 0 spiro atoms. The highest BCUT2D eigenvalue weighted by molar-refractivity contribution is 5.91. The van der Waals surface area contributed by atoms with Gasteiger partial charge in [-0.3, -0.25) is 0 Å². The highest BCUT2D eigenvalue weighted by atomic mass is 16.5. The number of piperidine rings is 1. The summed E-state index contributed by atoms with van der Waals surface area (Å²) in [5.41, 5.74) is 0.846. The number of hydrogen-bond acceptors (Lipinski definition) is 6. The van der Waals surface area contributed by atoms with Crippen LogP contribution in [0, 0.1) is 0 Å². The van der Waals surface area contributed by atoms with Gasteiger partial charge in [-0.2, -0.15) is 0 Å². The number of hydrogen-bond donors (Lipinski definition) is 2. The predicted octanol–water partition coefficient (Wildman–Crippen LogP) is 1.81. The van der Waals surface area contributed by atoms with Gasteiger partial charge in [0.15, 0.2) is 11.5 Å². The molecule has 0 aliphatic carbocycles. The van der Waals surface area contributed by atoms with Crippen molar-refractivity contribution < 1.29 is 9.47 Å². The predicted molar refractivity (Wildman–Crippen MR) is 82.2 cm³/mol. The quantitative estimate of drug-likeness (QED) is 0.894. The van der Waals surface area contributed by atoms with Crippen molar-refractivity contribution in [2.24, 2.45) is 0 Å². The van der Waals surface area contributed by atoms with Crippen LogP contribution in [0.5, 0.6) is 11.5 Å². The van der Waals surface area contributed by atoms with E-state index >= 15 is 0 Å². The lowest BCUT2D eigenvalue weighted by molar-refractivity contribution is 0.356. The lowest BCUT2D eigenvalue weighted by Gasteiger charge is -2.24. The number of nitrogens with zero attached hydrogens (tertiary/aromatic N) is 2. The standard InChI is InChI=1S/C15H20N4O2/c1-20-13-7-11-12(8-14(13)21-2)17-9-18-15(11)19-10-3-5-16-6-4-10/h7-10,16H,3-6H2,1-2H3,(H,17,18,19). The second-order valence-electron chi connectivity index (χ2n) is 5.12. The fraction of sp³-hybridized carbons (Fsp3) is 0.467. The molecule has 1 aliphatic heterocycles. The van der Waals surface area contributed by atoms with Crippen molar-refractivity contribution in [2.75, 3.05) is 32.6 Å². The molecule has 6 nitrogen and oxygen atoms in total. The summed E-state index contributed by atoms with van der Waals surface area (Å²) < 4.78 is 10.7. The Labute approximate surface area is 123 Å². The Bertz CT molecular complexity index is 626. The molecule has 2 N–H and O–H groups in total. The van der Waals surface area contributed by atoms with Crippen LogP contribution in [0.15, 0.2) is 18.5 Å². The molecule has 2 aromatic rings. The van der Waals surface area contributed by atoms with Gasteiger partial charge in [0.05, 0.1) is 19.7 Å². The van der Waals surface area contributed by atoms with Crippen LogP contribution in [0.1, 0.15) is 12.8 Å². The lowest BCUT2D eigenvalue weighted by atomic mass is 10.1. The van der Waals surface area contributed by atoms with Crippen LogP contribution >= 0.6 is 0 Å². The number of rotatable bonds is 4. The number of benzene rings is 1. The Balaban J connectivity index is 1.97. The summed E-state index contributed by atoms with van der Waals surface area (Å²) in [4.78, 5) is 8.71. The summed E-state index contributed by atoms with van der Waals surface area (Å²) in [5.74, 6) is 2.22. The second-order valence-corrected chi connectivity index (χ2v) is 5.12. The number of fused-ring (bicyclic) bond motifs is 1. The highest BCUT2D eigenvalue weighted by Crippen LogP contribution is 2.33. The van der Waals surface area contributed by atoms with Gasteiger partial charge < -0.3 is 20.1 Å². The normalized spacial score (nSPS) is 15.9. The van der Waals surface area contributed by atoms with Crippen LogP contribution < -0.4 is 20.1 Å². The average Bonchev–Trinajstić information content (AvgIpc) is 2.55. The molecule has 21 heavy (non-hydrogen) atoms. The van der Waals surface area contributed by atoms with Crippen molar-refractivity contribution in [2.45, 2.75) is 18.9 Å². The van der Waals surface area contributed by atoms with Crippen LogP contribution in [-0.4, -0.2) is 43.3 Å². The third kappa shape index (κ3) is 2.85. The van der Waals surface area contributed by atoms with E-state index in [4.69, 9.17) is 9.47 Å². The molecule has 0 saturated carbocycles. The minimum atomic E-state index is 0.442. The molecule has 0 bridgehead atoms. The summed E-state index contributed by atoms with van der Waals surface area (Å²) in [7, 11) is 3.26. The molecule has 2 heterocycles. The van der Waals surface area contributed by atoms with E-state index in [-0.39, 0.29) is 0 Å². The molecule has 112 valence electrons. The minimum Gasteiger partial charge on any atom is -0.493 e. The molecule has 3 rings (SSSR count). The summed E-state index contributed by atoms with van der Waals surface area (Å²) in [5, 5.41) is 7.84. The van der Waals surface area contributed by atoms with Gasteiger partial charge in [-0.05, 0) is 32.0 Å². The van der Waals surface area contributed by atoms with Gasteiger partial charge in [0, 0.05) is 17.5 Å². The molecule has 1 aromatic carbocycles. The topological polar surface area (TPSA) is 68.3 Å². The molecule has 0 atom stereocenters. The molecule has 0 unspecified atom stereocenters. The third-order valence-corrected chi connectivity index (χ3v) is 3.82. The SMILES string of the molecule is COc1cc2ncnc(NC3CCNCC3)c2cc1OC. The van der Waals surface area contributed by atoms with Crippen LogP contribution in [0.4, 0.5) is 5.82 Å². The molecule has 6 heteroatoms. The van der Waals surface area contributed by atoms with Crippen LogP contribution in [0.25, 0.3) is 10.9 Å². The van der Waals surface area contributed by atoms with Gasteiger partial charge in [0.2, 0.25) is 0 Å². The highest BCUT2D eigenvalue weighted by Gasteiger charge is 2.16. The van der Waals surface area contributed by atoms with E-state index < -0.39 is 0 Å². The fourth-order valence-electron chi connectivity index (χ4n) is 2.66. The van der Waals surface area contributed by atoms with E-state index in [1.165, 1.54) is 0 Å². The molecule has 1 saturated heterocycles. The van der Waals surface area contributed by atoms with E-state index in [9.17, 15) is 0 Å². The van der Waals surface area contributed by atoms with Crippen LogP contribution in [0.2, 0.25) is 0 Å². The maximum absolute atomic E-state index is 5.37. The Morgan fingerprint density at radius 2 is 1.81 bits per heavy atom. The zero-order valence-corrected chi connectivity index (χ0v) is 12.3. The fourth-order valence-corrected chi connectivity index (χ4v) is 2.66. The Hall–Kier alpha value is -2.08. The van der Waals surface area contributed by atoms with Crippen molar-refractivity contribution in [1.82, 2.24) is 15.3 Å². The first-order valence-electron chi connectivity index (χ1n) is 7.16. The Morgan fingerprint density at radius 1 is 1.10 bits per heavy atom. The zero-order valence-electron chi connectivity index (χ0n) is 12.3. The Kier molecular flexibility index (Phi) is 4.06. The molecular formula is C15H20N4O2. The Morgan fingerprint density at radius 3 is 2.52 bits per heavy atom. The van der Waals surface area contributed by atoms with Crippen molar-refractivity contribution in [3.05, 3.63) is 18.5 Å². The van der Waals surface area contributed by atoms with Crippen molar-refractivity contribution in [3.8, 4) is 11.5 Å². The molecule has 0 amide bonds. The monoisotopic (exact) mass is 288 g/mol. The number of ether oxygens (including phenoxy) is 2. The van der Waals surface area contributed by atoms with Gasteiger partial charge >= 0.3 is 0 Å². The maximum atomic E-state index is 5.37. The van der Waals surface area contributed by atoms with E-state index in [0.717, 1.165) is 42.7 Å². The summed E-state index contributed by atoms with van der Waals surface area (Å²) in [6.45, 7) is 2.08. The van der Waals surface area contributed by atoms with Gasteiger partial charge in [0.1, 0.15) is 12.1 Å². The van der Waals surface area contributed by atoms with Gasteiger partial charge in [-0.1, -0.05) is 0 Å². The molecular weight excluding hydrogens is 268 g/mol. The van der Waals surface area contributed by atoms with Gasteiger partial charge in [-0.15, -0.1) is 0 Å². The summed E-state index contributed by atoms with van der Waals surface area (Å²) in [6, 6.07) is 4.25. The smallest absolute Gasteiger partial charge is 0.162 e. The molecule has 1 aromatic heterocycles. The van der Waals surface area contributed by atoms with E-state index in [2.05, 4.69) is 20.6 Å². The largest absolute Gasteiger partial charge is 0.493 e. The maximum Gasteiger partial charge on any atom is 0.162 e. The van der Waals surface area contributed by atoms with Crippen molar-refractivity contribution >= 4 is 16.7 Å². The molecule has 1 fully saturated rings. The van der Waals surface area contributed by atoms with E-state index in [1.54, 1.807) is 20.5 Å². The van der Waals surface area contributed by atoms with Crippen LogP contribution in [-0.2, 0) is 0 Å². The first kappa shape index (κ1) is 13.9. The number of nitrogens with one attached hydrogen (secondary N) is 2. The van der Waals surface area contributed by atoms with Crippen molar-refractivity contribution in [1.29, 1.82) is 0 Å². The zero-order chi connectivity index (χ0) is 14.7. The van der Waals surface area contributed by atoms with E-state index in [1.807, 2.05) is 12.1 Å². The van der Waals surface area contributed by atoms with Crippen LogP contribution in [0.3, 0.4) is 0 Å². The lowest BCUT2D eigenvalue weighted by Crippen LogP contribution is -2.35. The number of anilines is 1. The van der Waals surface area contributed by atoms with Crippen molar-refractivity contribution in [3.63, 3.8) is 0 Å². The second kappa shape index (κ2) is 6.13. The summed E-state index contributed by atoms with van der Waals surface area (Å²) >= 11 is 0. The third-order valence-electron chi connectivity index (χ3n) is 3.82. The van der Waals surface area contributed by atoms with Gasteiger partial charge in [-0.25, -0.2) is 9.97 Å².